The van der Waals surface area contributed by atoms with E-state index in [1.165, 1.54) is 31.2 Å². The van der Waals surface area contributed by atoms with E-state index in [0.717, 1.165) is 45.4 Å². The van der Waals surface area contributed by atoms with E-state index in [1.807, 2.05) is 44.3 Å². The van der Waals surface area contributed by atoms with E-state index in [2.05, 4.69) is 93.2 Å². The molecular weight excluding hydrogens is 476 g/mol. The fourth-order valence-electron chi connectivity index (χ4n) is 3.43. The van der Waals surface area contributed by atoms with Gasteiger partial charge in [0, 0.05) is 40.7 Å². The van der Waals surface area contributed by atoms with Gasteiger partial charge in [0.2, 0.25) is 0 Å². The second-order valence-corrected chi connectivity index (χ2v) is 8.99. The molecule has 4 aromatic rings. The van der Waals surface area contributed by atoms with Crippen LogP contribution in [0.3, 0.4) is 0 Å². The minimum absolute atomic E-state index is 0.516. The van der Waals surface area contributed by atoms with Gasteiger partial charge in [0.25, 0.3) is 0 Å². The monoisotopic (exact) mass is 524 g/mol. The number of rotatable bonds is 7. The Morgan fingerprint density at radius 2 is 1.49 bits per heavy atom. The average molecular weight is 525 g/mol. The molecule has 0 amide bonds. The van der Waals surface area contributed by atoms with Crippen molar-refractivity contribution in [3.63, 3.8) is 0 Å². The highest BCUT2D eigenvalue weighted by atomic mass is 14.9. The maximum Gasteiger partial charge on any atom is 0.103 e. The highest BCUT2D eigenvalue weighted by molar-refractivity contribution is 5.90. The molecule has 4 nitrogen and oxygen atoms in total. The molecule has 0 saturated carbocycles. The molecule has 0 spiro atoms. The van der Waals surface area contributed by atoms with E-state index < -0.39 is 0 Å². The van der Waals surface area contributed by atoms with Crippen LogP contribution in [-0.2, 0) is 6.42 Å². The first kappa shape index (κ1) is 33.2. The number of hydrogen-bond acceptors (Lipinski definition) is 3. The highest BCUT2D eigenvalue weighted by Crippen LogP contribution is 2.31. The number of benzene rings is 2. The lowest BCUT2D eigenvalue weighted by Crippen LogP contribution is -1.99. The molecule has 2 N–H and O–H groups in total. The Balaban J connectivity index is 0.000000663. The third-order valence-electron chi connectivity index (χ3n) is 6.20. The molecular formula is C35H48N4. The number of nitrogens with zero attached hydrogens (tertiary/aromatic N) is 2. The first-order chi connectivity index (χ1) is 19.0. The fourth-order valence-corrected chi connectivity index (χ4v) is 3.43. The zero-order valence-electron chi connectivity index (χ0n) is 25.4. The van der Waals surface area contributed by atoms with Crippen LogP contribution in [-0.4, -0.2) is 9.97 Å². The molecule has 0 bridgehead atoms. The maximum atomic E-state index is 9.61. The predicted octanol–water partition coefficient (Wildman–Crippen LogP) is 10.9. The van der Waals surface area contributed by atoms with Gasteiger partial charge in [0.05, 0.1) is 11.3 Å². The number of anilines is 2. The van der Waals surface area contributed by atoms with E-state index in [1.54, 1.807) is 12.4 Å². The minimum Gasteiger partial charge on any atom is -0.361 e. The minimum atomic E-state index is 0.516. The molecule has 208 valence electrons. The summed E-state index contributed by atoms with van der Waals surface area (Å²) in [6, 6.07) is 16.9. The number of hydrogen-bond donors (Lipinski definition) is 2. The van der Waals surface area contributed by atoms with Crippen molar-refractivity contribution in [2.24, 2.45) is 0 Å². The van der Waals surface area contributed by atoms with Gasteiger partial charge < -0.3 is 10.3 Å². The van der Waals surface area contributed by atoms with Crippen molar-refractivity contribution < 1.29 is 0 Å². The van der Waals surface area contributed by atoms with Crippen LogP contribution >= 0.6 is 0 Å². The summed E-state index contributed by atoms with van der Waals surface area (Å²) in [4.78, 5) is 7.47. The van der Waals surface area contributed by atoms with E-state index in [-0.39, 0.29) is 0 Å². The number of unbranched alkanes of at least 4 members (excludes halogenated alkanes) is 2. The van der Waals surface area contributed by atoms with Crippen LogP contribution in [0.25, 0.3) is 23.1 Å². The van der Waals surface area contributed by atoms with Gasteiger partial charge in [-0.05, 0) is 48.2 Å². The predicted molar refractivity (Wildman–Crippen MR) is 173 cm³/mol. The number of aryl methyl sites for hydroxylation is 2. The third-order valence-corrected chi connectivity index (χ3v) is 6.20. The van der Waals surface area contributed by atoms with Crippen LogP contribution in [0.1, 0.15) is 102 Å². The lowest BCUT2D eigenvalue weighted by Gasteiger charge is -2.14. The van der Waals surface area contributed by atoms with Gasteiger partial charge in [-0.1, -0.05) is 111 Å². The first-order valence-corrected chi connectivity index (χ1v) is 14.5. The molecule has 4 rings (SSSR count). The lowest BCUT2D eigenvalue weighted by molar-refractivity contribution is 0.886. The number of aromatic nitrogens is 2. The van der Waals surface area contributed by atoms with Gasteiger partial charge in [0.15, 0.2) is 0 Å². The second-order valence-electron chi connectivity index (χ2n) is 8.99. The lowest BCUT2D eigenvalue weighted by atomic mass is 10.1. The summed E-state index contributed by atoms with van der Waals surface area (Å²) in [7, 11) is 0. The van der Waals surface area contributed by atoms with Crippen molar-refractivity contribution >= 4 is 34.4 Å². The smallest absolute Gasteiger partial charge is 0.103 e. The number of H-pyrrole nitrogens is 1. The molecule has 0 radical (unpaired) electrons. The normalized spacial score (nSPS) is 9.92. The van der Waals surface area contributed by atoms with Crippen molar-refractivity contribution in [2.45, 2.75) is 87.5 Å². The van der Waals surface area contributed by atoms with Crippen LogP contribution in [0.2, 0.25) is 0 Å². The van der Waals surface area contributed by atoms with Crippen LogP contribution < -0.4 is 5.32 Å². The quantitative estimate of drug-likeness (QED) is 0.253. The first-order valence-electron chi connectivity index (χ1n) is 14.5. The molecule has 2 heterocycles. The Bertz CT molecular complexity index is 1280. The molecule has 0 aliphatic carbocycles. The van der Waals surface area contributed by atoms with Gasteiger partial charge in [0.1, 0.15) is 6.07 Å². The van der Waals surface area contributed by atoms with Gasteiger partial charge in [-0.2, -0.15) is 5.26 Å². The van der Waals surface area contributed by atoms with Gasteiger partial charge in [-0.25, -0.2) is 0 Å². The fraction of sp³-hybridized carbons (Fsp3) is 0.371. The Morgan fingerprint density at radius 1 is 0.846 bits per heavy atom. The van der Waals surface area contributed by atoms with Crippen LogP contribution in [0.4, 0.5) is 11.4 Å². The second kappa shape index (κ2) is 19.3. The van der Waals surface area contributed by atoms with Crippen molar-refractivity contribution in [1.29, 1.82) is 5.26 Å². The van der Waals surface area contributed by atoms with E-state index >= 15 is 0 Å². The number of aromatic amines is 1. The zero-order chi connectivity index (χ0) is 29.0. The number of pyridine rings is 1. The summed E-state index contributed by atoms with van der Waals surface area (Å²) in [5.74, 6) is 0. The molecule has 0 saturated heterocycles. The Kier molecular flexibility index (Phi) is 16.4. The summed E-state index contributed by atoms with van der Waals surface area (Å²) in [6.07, 6.45) is 15.7. The van der Waals surface area contributed by atoms with Crippen LogP contribution in [0.15, 0.2) is 61.1 Å². The van der Waals surface area contributed by atoms with Crippen molar-refractivity contribution in [3.05, 3.63) is 88.9 Å². The van der Waals surface area contributed by atoms with Crippen molar-refractivity contribution in [3.8, 4) is 6.07 Å². The Labute approximate surface area is 237 Å². The van der Waals surface area contributed by atoms with Crippen LogP contribution in [0.5, 0.6) is 0 Å². The Morgan fingerprint density at radius 3 is 2.05 bits per heavy atom. The SMILES string of the molecule is CC.CCCC.CCCC.CCc1ccc(/C=C/c2cncc(C#N)c2Nc2ccc3[nH]ccc3c2C)cc1. The number of nitrogens with one attached hydrogen (secondary N) is 2. The molecule has 0 atom stereocenters. The summed E-state index contributed by atoms with van der Waals surface area (Å²) < 4.78 is 0. The van der Waals surface area contributed by atoms with E-state index in [9.17, 15) is 5.26 Å². The van der Waals surface area contributed by atoms with E-state index in [4.69, 9.17) is 0 Å². The maximum absolute atomic E-state index is 9.61. The average Bonchev–Trinajstić information content (AvgIpc) is 3.49. The van der Waals surface area contributed by atoms with Crippen molar-refractivity contribution in [1.82, 2.24) is 9.97 Å². The van der Waals surface area contributed by atoms with Gasteiger partial charge >= 0.3 is 0 Å². The van der Waals surface area contributed by atoms with Gasteiger partial charge in [-0.3, -0.25) is 4.98 Å². The molecule has 2 aromatic heterocycles. The summed E-state index contributed by atoms with van der Waals surface area (Å²) >= 11 is 0. The molecule has 0 unspecified atom stereocenters. The molecule has 39 heavy (non-hydrogen) atoms. The highest BCUT2D eigenvalue weighted by Gasteiger charge is 2.11. The molecule has 0 aliphatic heterocycles. The largest absolute Gasteiger partial charge is 0.361 e. The molecule has 4 heteroatoms. The summed E-state index contributed by atoms with van der Waals surface area (Å²) in [5, 5.41) is 14.2. The standard InChI is InChI=1S/C25H22N4.2C4H10.C2H6/c1-3-18-4-6-19(7-5-18)8-9-20-15-27-16-21(14-26)25(20)29-23-10-11-24-22(17(23)2)12-13-28-24;2*1-3-4-2;1-2/h4-13,15-16,28H,3H2,1-2H3,(H,27,29);2*3-4H2,1-2H3;1-2H3/b9-8+;;;. The summed E-state index contributed by atoms with van der Waals surface area (Å²) in [5.41, 5.74) is 7.78. The number of nitriles is 1. The molecule has 0 fully saturated rings. The van der Waals surface area contributed by atoms with Crippen molar-refractivity contribution in [2.75, 3.05) is 5.32 Å². The van der Waals surface area contributed by atoms with Gasteiger partial charge in [-0.15, -0.1) is 0 Å². The van der Waals surface area contributed by atoms with Crippen LogP contribution in [0, 0.1) is 18.3 Å². The molecule has 0 aliphatic rings. The third kappa shape index (κ3) is 10.4. The summed E-state index contributed by atoms with van der Waals surface area (Å²) in [6.45, 7) is 16.9. The number of fused-ring (bicyclic) bond motifs is 1. The molecule has 2 aromatic carbocycles. The zero-order valence-corrected chi connectivity index (χ0v) is 25.4. The topological polar surface area (TPSA) is 64.5 Å². The van der Waals surface area contributed by atoms with E-state index in [0.29, 0.717) is 5.56 Å². The Hall–Kier alpha value is -3.84.